The van der Waals surface area contributed by atoms with Gasteiger partial charge in [0, 0.05) is 9.86 Å². The summed E-state index contributed by atoms with van der Waals surface area (Å²) in [5, 5.41) is 10.4. The van der Waals surface area contributed by atoms with E-state index < -0.39 is 0 Å². The van der Waals surface area contributed by atoms with Gasteiger partial charge in [0.05, 0.1) is 7.11 Å². The van der Waals surface area contributed by atoms with Gasteiger partial charge >= 0.3 is 0 Å². The lowest BCUT2D eigenvalue weighted by Crippen LogP contribution is -1.90. The Balaban J connectivity index is 1.85. The molecule has 0 amide bonds. The highest BCUT2D eigenvalue weighted by Gasteiger charge is 2.10. The Labute approximate surface area is 141 Å². The number of carbonyl (C=O) groups excluding carboxylic acids is 1. The number of halogens is 1. The average Bonchev–Trinajstić information content (AvgIpc) is 2.97. The first-order chi connectivity index (χ1) is 11.1. The number of furan rings is 1. The first-order valence-electron chi connectivity index (χ1n) is 6.85. The highest BCUT2D eigenvalue weighted by Crippen LogP contribution is 2.27. The van der Waals surface area contributed by atoms with Crippen LogP contribution in [-0.4, -0.2) is 18.0 Å². The molecule has 3 aromatic rings. The maximum atomic E-state index is 12.2. The van der Waals surface area contributed by atoms with Crippen LogP contribution in [0.5, 0.6) is 11.5 Å². The number of fused-ring (bicyclic) bond motifs is 1. The molecule has 0 bridgehead atoms. The van der Waals surface area contributed by atoms with Gasteiger partial charge < -0.3 is 14.3 Å². The van der Waals surface area contributed by atoms with Gasteiger partial charge in [0.1, 0.15) is 5.58 Å². The second-order valence-electron chi connectivity index (χ2n) is 4.92. The van der Waals surface area contributed by atoms with Crippen LogP contribution in [0.25, 0.3) is 17.0 Å². The van der Waals surface area contributed by atoms with Crippen molar-refractivity contribution in [3.8, 4) is 11.5 Å². The maximum Gasteiger partial charge on any atom is 0.221 e. The van der Waals surface area contributed by atoms with Crippen LogP contribution < -0.4 is 4.74 Å². The van der Waals surface area contributed by atoms with Crippen LogP contribution in [0.2, 0.25) is 0 Å². The number of benzene rings is 2. The molecule has 0 aliphatic rings. The number of rotatable bonds is 4. The highest BCUT2D eigenvalue weighted by atomic mass is 79.9. The fourth-order valence-corrected chi connectivity index (χ4v) is 2.57. The van der Waals surface area contributed by atoms with E-state index in [4.69, 9.17) is 9.15 Å². The van der Waals surface area contributed by atoms with Gasteiger partial charge in [-0.2, -0.15) is 0 Å². The number of hydrogen-bond donors (Lipinski definition) is 1. The molecule has 0 saturated heterocycles. The van der Waals surface area contributed by atoms with Gasteiger partial charge in [0.25, 0.3) is 0 Å². The quantitative estimate of drug-likeness (QED) is 0.527. The van der Waals surface area contributed by atoms with Crippen molar-refractivity contribution >= 4 is 38.8 Å². The average molecular weight is 373 g/mol. The number of allylic oxidation sites excluding steroid dienone is 1. The predicted molar refractivity (Wildman–Crippen MR) is 91.9 cm³/mol. The van der Waals surface area contributed by atoms with E-state index in [2.05, 4.69) is 15.9 Å². The zero-order valence-corrected chi connectivity index (χ0v) is 13.8. The fraction of sp³-hybridized carbons (Fsp3) is 0.0556. The molecule has 4 nitrogen and oxygen atoms in total. The molecule has 0 unspecified atom stereocenters. The van der Waals surface area contributed by atoms with Gasteiger partial charge in [0.15, 0.2) is 17.3 Å². The summed E-state index contributed by atoms with van der Waals surface area (Å²) in [7, 11) is 1.47. The highest BCUT2D eigenvalue weighted by molar-refractivity contribution is 9.10. The van der Waals surface area contributed by atoms with Crippen molar-refractivity contribution in [2.75, 3.05) is 7.11 Å². The smallest absolute Gasteiger partial charge is 0.221 e. The minimum Gasteiger partial charge on any atom is -0.504 e. The lowest BCUT2D eigenvalue weighted by atomic mass is 10.1. The van der Waals surface area contributed by atoms with Crippen molar-refractivity contribution < 1.29 is 19.1 Å². The molecule has 3 rings (SSSR count). The summed E-state index contributed by atoms with van der Waals surface area (Å²) in [6.07, 6.45) is 3.08. The Kier molecular flexibility index (Phi) is 4.21. The number of ether oxygens (including phenoxy) is 1. The molecule has 1 N–H and O–H groups in total. The third-order valence-electron chi connectivity index (χ3n) is 3.35. The van der Waals surface area contributed by atoms with Crippen molar-refractivity contribution in [1.29, 1.82) is 0 Å². The Bertz CT molecular complexity index is 909. The van der Waals surface area contributed by atoms with Crippen LogP contribution in [0.3, 0.4) is 0 Å². The van der Waals surface area contributed by atoms with Crippen molar-refractivity contribution in [2.24, 2.45) is 0 Å². The molecule has 0 atom stereocenters. The Morgan fingerprint density at radius 3 is 2.83 bits per heavy atom. The SMILES string of the molecule is COc1cc(/C=C/C(=O)c2cc3cc(Br)ccc3o2)ccc1O. The van der Waals surface area contributed by atoms with Crippen molar-refractivity contribution in [3.63, 3.8) is 0 Å². The Morgan fingerprint density at radius 1 is 1.22 bits per heavy atom. The van der Waals surface area contributed by atoms with Gasteiger partial charge in [0.2, 0.25) is 5.78 Å². The summed E-state index contributed by atoms with van der Waals surface area (Å²) in [6, 6.07) is 12.1. The molecule has 0 radical (unpaired) electrons. The standard InChI is InChI=1S/C18H13BrO4/c1-22-17-8-11(2-5-14(17)20)3-6-15(21)18-10-12-9-13(19)4-7-16(12)23-18/h2-10,20H,1H3/b6-3+. The number of ketones is 1. The number of methoxy groups -OCH3 is 1. The lowest BCUT2D eigenvalue weighted by molar-refractivity contribution is 0.102. The summed E-state index contributed by atoms with van der Waals surface area (Å²) in [5.74, 6) is 0.455. The van der Waals surface area contributed by atoms with E-state index in [1.165, 1.54) is 19.3 Å². The molecule has 0 saturated carbocycles. The van der Waals surface area contributed by atoms with E-state index in [1.807, 2.05) is 18.2 Å². The lowest BCUT2D eigenvalue weighted by Gasteiger charge is -2.03. The van der Waals surface area contributed by atoms with Gasteiger partial charge in [-0.15, -0.1) is 0 Å². The molecule has 23 heavy (non-hydrogen) atoms. The molecule has 0 fully saturated rings. The second kappa shape index (κ2) is 6.30. The van der Waals surface area contributed by atoms with Crippen LogP contribution in [0.1, 0.15) is 16.1 Å². The van der Waals surface area contributed by atoms with Crippen LogP contribution in [-0.2, 0) is 0 Å². The van der Waals surface area contributed by atoms with Crippen LogP contribution >= 0.6 is 15.9 Å². The predicted octanol–water partition coefficient (Wildman–Crippen LogP) is 4.81. The molecule has 1 aromatic heterocycles. The summed E-state index contributed by atoms with van der Waals surface area (Å²) < 4.78 is 11.5. The molecule has 0 spiro atoms. The van der Waals surface area contributed by atoms with Crippen molar-refractivity contribution in [3.05, 3.63) is 64.3 Å². The van der Waals surface area contributed by atoms with Gasteiger partial charge in [-0.3, -0.25) is 4.79 Å². The molecular weight excluding hydrogens is 360 g/mol. The molecular formula is C18H13BrO4. The van der Waals surface area contributed by atoms with E-state index in [0.29, 0.717) is 11.3 Å². The first-order valence-corrected chi connectivity index (χ1v) is 7.64. The zero-order valence-electron chi connectivity index (χ0n) is 12.2. The van der Waals surface area contributed by atoms with Gasteiger partial charge in [-0.1, -0.05) is 28.1 Å². The van der Waals surface area contributed by atoms with E-state index in [9.17, 15) is 9.90 Å². The largest absolute Gasteiger partial charge is 0.504 e. The third-order valence-corrected chi connectivity index (χ3v) is 3.85. The topological polar surface area (TPSA) is 59.7 Å². The number of phenols is 1. The second-order valence-corrected chi connectivity index (χ2v) is 5.84. The number of aromatic hydroxyl groups is 1. The third kappa shape index (κ3) is 3.29. The summed E-state index contributed by atoms with van der Waals surface area (Å²) >= 11 is 3.39. The van der Waals surface area contributed by atoms with Crippen molar-refractivity contribution in [2.45, 2.75) is 0 Å². The molecule has 0 aliphatic carbocycles. The Morgan fingerprint density at radius 2 is 2.04 bits per heavy atom. The first kappa shape index (κ1) is 15.4. The molecule has 5 heteroatoms. The monoisotopic (exact) mass is 372 g/mol. The molecule has 0 aliphatic heterocycles. The maximum absolute atomic E-state index is 12.2. The van der Waals surface area contributed by atoms with Crippen LogP contribution in [0, 0.1) is 0 Å². The zero-order chi connectivity index (χ0) is 16.4. The number of hydrogen-bond acceptors (Lipinski definition) is 4. The van der Waals surface area contributed by atoms with Gasteiger partial charge in [-0.05, 0) is 48.0 Å². The van der Waals surface area contributed by atoms with Gasteiger partial charge in [-0.25, -0.2) is 0 Å². The fourth-order valence-electron chi connectivity index (χ4n) is 2.19. The van der Waals surface area contributed by atoms with E-state index >= 15 is 0 Å². The minimum absolute atomic E-state index is 0.0545. The molecule has 2 aromatic carbocycles. The van der Waals surface area contributed by atoms with E-state index in [0.717, 1.165) is 15.4 Å². The minimum atomic E-state index is -0.232. The summed E-state index contributed by atoms with van der Waals surface area (Å²) in [4.78, 5) is 12.2. The number of phenolic OH excluding ortho intramolecular Hbond substituents is 1. The molecule has 116 valence electrons. The summed E-state index contributed by atoms with van der Waals surface area (Å²) in [6.45, 7) is 0. The normalized spacial score (nSPS) is 11.2. The van der Waals surface area contributed by atoms with Crippen LogP contribution in [0.15, 0.2) is 57.4 Å². The van der Waals surface area contributed by atoms with Crippen LogP contribution in [0.4, 0.5) is 0 Å². The number of carbonyl (C=O) groups is 1. The van der Waals surface area contributed by atoms with E-state index in [1.54, 1.807) is 24.3 Å². The van der Waals surface area contributed by atoms with E-state index in [-0.39, 0.29) is 17.3 Å². The summed E-state index contributed by atoms with van der Waals surface area (Å²) in [5.41, 5.74) is 1.41. The molecule has 1 heterocycles. The Hall–Kier alpha value is -2.53. The van der Waals surface area contributed by atoms with Crippen molar-refractivity contribution in [1.82, 2.24) is 0 Å².